The number of nitrogens with zero attached hydrogens (tertiary/aromatic N) is 4. The van der Waals surface area contributed by atoms with Crippen LogP contribution >= 0.6 is 0 Å². The number of amides is 1. The second kappa shape index (κ2) is 6.62. The largest absolute Gasteiger partial charge is 0.350 e. The van der Waals surface area contributed by atoms with E-state index in [9.17, 15) is 4.79 Å². The Labute approximate surface area is 127 Å². The van der Waals surface area contributed by atoms with Crippen LogP contribution in [-0.2, 0) is 17.9 Å². The van der Waals surface area contributed by atoms with E-state index in [0.717, 1.165) is 16.8 Å². The van der Waals surface area contributed by atoms with Crippen LogP contribution in [-0.4, -0.2) is 25.7 Å². The van der Waals surface area contributed by atoms with E-state index in [1.54, 1.807) is 41.7 Å². The highest BCUT2D eigenvalue weighted by atomic mass is 16.2. The first-order valence-corrected chi connectivity index (χ1v) is 6.91. The second-order valence-electron chi connectivity index (χ2n) is 4.77. The molecule has 0 aromatic carbocycles. The molecule has 0 aliphatic heterocycles. The fourth-order valence-electron chi connectivity index (χ4n) is 2.01. The first-order chi connectivity index (χ1) is 10.8. The van der Waals surface area contributed by atoms with Gasteiger partial charge >= 0.3 is 0 Å². The van der Waals surface area contributed by atoms with Crippen LogP contribution in [0.25, 0.3) is 11.3 Å². The molecular weight excluding hydrogens is 278 g/mol. The van der Waals surface area contributed by atoms with E-state index in [0.29, 0.717) is 6.54 Å². The van der Waals surface area contributed by atoms with E-state index in [2.05, 4.69) is 20.4 Å². The van der Waals surface area contributed by atoms with Gasteiger partial charge in [0.05, 0.1) is 5.69 Å². The molecule has 0 unspecified atom stereocenters. The van der Waals surface area contributed by atoms with Crippen LogP contribution in [0.4, 0.5) is 0 Å². The van der Waals surface area contributed by atoms with E-state index in [4.69, 9.17) is 0 Å². The third-order valence-electron chi connectivity index (χ3n) is 3.14. The van der Waals surface area contributed by atoms with Gasteiger partial charge in [-0.1, -0.05) is 6.07 Å². The lowest BCUT2D eigenvalue weighted by molar-refractivity contribution is -0.122. The lowest BCUT2D eigenvalue weighted by Crippen LogP contribution is -2.27. The Morgan fingerprint density at radius 2 is 2.09 bits per heavy atom. The molecule has 6 heteroatoms. The van der Waals surface area contributed by atoms with Crippen LogP contribution in [0.1, 0.15) is 5.56 Å². The molecule has 0 aliphatic carbocycles. The highest BCUT2D eigenvalue weighted by Crippen LogP contribution is 2.14. The average molecular weight is 293 g/mol. The maximum atomic E-state index is 11.8. The summed E-state index contributed by atoms with van der Waals surface area (Å²) in [5.41, 5.74) is 2.78. The summed E-state index contributed by atoms with van der Waals surface area (Å²) in [6, 6.07) is 9.49. The SMILES string of the molecule is O=C(Cn1cccn1)NCc1ccc(-c2cccnc2)nc1. The van der Waals surface area contributed by atoms with Crippen LogP contribution in [0, 0.1) is 0 Å². The van der Waals surface area contributed by atoms with Gasteiger partial charge in [0.25, 0.3) is 0 Å². The number of hydrogen-bond acceptors (Lipinski definition) is 4. The van der Waals surface area contributed by atoms with Crippen LogP contribution in [0.2, 0.25) is 0 Å². The van der Waals surface area contributed by atoms with Crippen molar-refractivity contribution in [2.24, 2.45) is 0 Å². The fourth-order valence-corrected chi connectivity index (χ4v) is 2.01. The van der Waals surface area contributed by atoms with Crippen LogP contribution in [0.5, 0.6) is 0 Å². The molecule has 110 valence electrons. The van der Waals surface area contributed by atoms with Crippen molar-refractivity contribution in [3.8, 4) is 11.3 Å². The number of hydrogen-bond donors (Lipinski definition) is 1. The average Bonchev–Trinajstić information content (AvgIpc) is 3.07. The van der Waals surface area contributed by atoms with Gasteiger partial charge in [-0.25, -0.2) is 0 Å². The van der Waals surface area contributed by atoms with Crippen LogP contribution in [0.15, 0.2) is 61.3 Å². The molecule has 0 saturated carbocycles. The normalized spacial score (nSPS) is 10.4. The summed E-state index contributed by atoms with van der Waals surface area (Å²) >= 11 is 0. The van der Waals surface area contributed by atoms with Crippen molar-refractivity contribution in [2.75, 3.05) is 0 Å². The summed E-state index contributed by atoms with van der Waals surface area (Å²) in [6.45, 7) is 0.661. The predicted octanol–water partition coefficient (Wildman–Crippen LogP) is 1.66. The van der Waals surface area contributed by atoms with Crippen LogP contribution in [0.3, 0.4) is 0 Å². The molecule has 0 fully saturated rings. The Morgan fingerprint density at radius 3 is 2.77 bits per heavy atom. The predicted molar refractivity (Wildman–Crippen MR) is 81.5 cm³/mol. The van der Waals surface area contributed by atoms with Crippen molar-refractivity contribution in [3.63, 3.8) is 0 Å². The molecule has 1 amide bonds. The molecule has 0 aliphatic rings. The maximum absolute atomic E-state index is 11.8. The quantitative estimate of drug-likeness (QED) is 0.776. The van der Waals surface area contributed by atoms with Crippen molar-refractivity contribution >= 4 is 5.91 Å². The van der Waals surface area contributed by atoms with E-state index < -0.39 is 0 Å². The number of carbonyl (C=O) groups is 1. The van der Waals surface area contributed by atoms with Gasteiger partial charge in [-0.2, -0.15) is 5.10 Å². The summed E-state index contributed by atoms with van der Waals surface area (Å²) in [4.78, 5) is 20.2. The molecule has 3 aromatic heterocycles. The fraction of sp³-hybridized carbons (Fsp3) is 0.125. The molecule has 0 spiro atoms. The minimum atomic E-state index is -0.0833. The van der Waals surface area contributed by atoms with Gasteiger partial charge in [0.1, 0.15) is 6.54 Å². The summed E-state index contributed by atoms with van der Waals surface area (Å²) in [5.74, 6) is -0.0833. The topological polar surface area (TPSA) is 72.7 Å². The van der Waals surface area contributed by atoms with Gasteiger partial charge < -0.3 is 5.32 Å². The van der Waals surface area contributed by atoms with Gasteiger partial charge in [-0.05, 0) is 29.8 Å². The van der Waals surface area contributed by atoms with Gasteiger partial charge in [-0.15, -0.1) is 0 Å². The Bertz CT molecular complexity index is 723. The number of pyridine rings is 2. The molecule has 1 N–H and O–H groups in total. The molecule has 0 bridgehead atoms. The Balaban J connectivity index is 1.56. The standard InChI is InChI=1S/C16H15N5O/c22-16(12-21-8-2-7-20-21)19-10-13-4-5-15(18-9-13)14-3-1-6-17-11-14/h1-9,11H,10,12H2,(H,19,22). The van der Waals surface area contributed by atoms with Crippen molar-refractivity contribution < 1.29 is 4.79 Å². The number of carbonyl (C=O) groups excluding carboxylic acids is 1. The van der Waals surface area contributed by atoms with E-state index in [1.165, 1.54) is 0 Å². The van der Waals surface area contributed by atoms with E-state index >= 15 is 0 Å². The zero-order valence-electron chi connectivity index (χ0n) is 11.9. The highest BCUT2D eigenvalue weighted by Gasteiger charge is 2.04. The zero-order valence-corrected chi connectivity index (χ0v) is 11.9. The monoisotopic (exact) mass is 293 g/mol. The van der Waals surface area contributed by atoms with E-state index in [1.807, 2.05) is 24.3 Å². The van der Waals surface area contributed by atoms with Crippen molar-refractivity contribution in [2.45, 2.75) is 13.1 Å². The van der Waals surface area contributed by atoms with Gasteiger partial charge in [0, 0.05) is 43.1 Å². The Kier molecular flexibility index (Phi) is 4.20. The lowest BCUT2D eigenvalue weighted by Gasteiger charge is -2.06. The zero-order chi connectivity index (χ0) is 15.2. The molecule has 0 saturated heterocycles. The number of nitrogens with one attached hydrogen (secondary N) is 1. The number of rotatable bonds is 5. The molecule has 6 nitrogen and oxygen atoms in total. The molecule has 3 aromatic rings. The van der Waals surface area contributed by atoms with Gasteiger partial charge in [-0.3, -0.25) is 19.4 Å². The maximum Gasteiger partial charge on any atom is 0.241 e. The molecule has 0 atom stereocenters. The smallest absolute Gasteiger partial charge is 0.241 e. The third-order valence-corrected chi connectivity index (χ3v) is 3.14. The first kappa shape index (κ1) is 13.9. The molecule has 3 heterocycles. The van der Waals surface area contributed by atoms with Gasteiger partial charge in [0.15, 0.2) is 0 Å². The molecular formula is C16H15N5O. The minimum absolute atomic E-state index is 0.0833. The van der Waals surface area contributed by atoms with Crippen molar-refractivity contribution in [3.05, 3.63) is 66.9 Å². The highest BCUT2D eigenvalue weighted by molar-refractivity contribution is 5.75. The van der Waals surface area contributed by atoms with Gasteiger partial charge in [0.2, 0.25) is 5.91 Å². The molecule has 3 rings (SSSR count). The Morgan fingerprint density at radius 1 is 1.14 bits per heavy atom. The summed E-state index contributed by atoms with van der Waals surface area (Å²) in [6.07, 6.45) is 8.66. The van der Waals surface area contributed by atoms with Crippen LogP contribution < -0.4 is 5.32 Å². The molecule has 22 heavy (non-hydrogen) atoms. The lowest BCUT2D eigenvalue weighted by atomic mass is 10.1. The van der Waals surface area contributed by atoms with Crippen molar-refractivity contribution in [1.29, 1.82) is 0 Å². The third kappa shape index (κ3) is 3.54. The summed E-state index contributed by atoms with van der Waals surface area (Å²) in [7, 11) is 0. The minimum Gasteiger partial charge on any atom is -0.350 e. The second-order valence-corrected chi connectivity index (χ2v) is 4.77. The van der Waals surface area contributed by atoms with E-state index in [-0.39, 0.29) is 12.5 Å². The van der Waals surface area contributed by atoms with Crippen molar-refractivity contribution in [1.82, 2.24) is 25.1 Å². The first-order valence-electron chi connectivity index (χ1n) is 6.91. The Hall–Kier alpha value is -3.02. The summed E-state index contributed by atoms with van der Waals surface area (Å²) < 4.78 is 1.58. The number of aromatic nitrogens is 4. The summed E-state index contributed by atoms with van der Waals surface area (Å²) in [5, 5.41) is 6.84. The molecule has 0 radical (unpaired) electrons.